The van der Waals surface area contributed by atoms with Crippen LogP contribution in [-0.4, -0.2) is 63.1 Å². The Hall–Kier alpha value is -4.00. The normalized spacial score (nSPS) is 13.7. The van der Waals surface area contributed by atoms with E-state index in [0.717, 1.165) is 43.3 Å². The van der Waals surface area contributed by atoms with E-state index in [9.17, 15) is 9.59 Å². The van der Waals surface area contributed by atoms with Gasteiger partial charge < -0.3 is 24.8 Å². The fraction of sp³-hybridized carbons (Fsp3) is 0.394. The number of benzene rings is 3. The first-order valence-electron chi connectivity index (χ1n) is 14.1. The lowest BCUT2D eigenvalue weighted by Gasteiger charge is -2.38. The summed E-state index contributed by atoms with van der Waals surface area (Å²) in [6, 6.07) is 21.5. The maximum Gasteiger partial charge on any atom is 0.256 e. The van der Waals surface area contributed by atoms with Crippen molar-refractivity contribution in [2.75, 3.05) is 61.5 Å². The maximum absolute atomic E-state index is 13.6. The van der Waals surface area contributed by atoms with Crippen LogP contribution < -0.4 is 19.9 Å². The van der Waals surface area contributed by atoms with E-state index in [1.807, 2.05) is 79.4 Å². The fourth-order valence-corrected chi connectivity index (χ4v) is 5.15. The third kappa shape index (κ3) is 6.41. The number of ether oxygens (including phenoxy) is 1. The van der Waals surface area contributed by atoms with Crippen molar-refractivity contribution in [1.82, 2.24) is 4.90 Å². The molecule has 212 valence electrons. The van der Waals surface area contributed by atoms with Gasteiger partial charge in [-0.2, -0.15) is 0 Å². The largest absolute Gasteiger partial charge is 0.495 e. The van der Waals surface area contributed by atoms with Crippen LogP contribution in [-0.2, 0) is 5.41 Å². The van der Waals surface area contributed by atoms with E-state index in [-0.39, 0.29) is 17.2 Å². The smallest absolute Gasteiger partial charge is 0.256 e. The molecule has 40 heavy (non-hydrogen) atoms. The highest BCUT2D eigenvalue weighted by Gasteiger charge is 2.25. The Morgan fingerprint density at radius 3 is 2.02 bits per heavy atom. The van der Waals surface area contributed by atoms with Gasteiger partial charge in [0.2, 0.25) is 0 Å². The molecular formula is C33H42N4O3. The molecule has 0 saturated carbocycles. The van der Waals surface area contributed by atoms with Crippen molar-refractivity contribution in [3.8, 4) is 5.75 Å². The van der Waals surface area contributed by atoms with E-state index in [4.69, 9.17) is 4.74 Å². The summed E-state index contributed by atoms with van der Waals surface area (Å²) < 4.78 is 5.57. The van der Waals surface area contributed by atoms with E-state index in [2.05, 4.69) is 42.0 Å². The first-order chi connectivity index (χ1) is 19.2. The highest BCUT2D eigenvalue weighted by molar-refractivity contribution is 6.06. The molecule has 0 radical (unpaired) electrons. The number of hydrogen-bond acceptors (Lipinski definition) is 5. The van der Waals surface area contributed by atoms with Gasteiger partial charge in [0.25, 0.3) is 11.8 Å². The van der Waals surface area contributed by atoms with E-state index in [0.29, 0.717) is 29.9 Å². The SMILES string of the molecule is CCN(CC)C(=O)c1cc(NC(=O)c2ccc(C(C)(C)C)cc2)ccc1N1CCN(c2ccccc2OC)CC1. The van der Waals surface area contributed by atoms with Crippen LogP contribution in [0.1, 0.15) is 60.9 Å². The first kappa shape index (κ1) is 29.0. The van der Waals surface area contributed by atoms with Gasteiger partial charge in [-0.15, -0.1) is 0 Å². The third-order valence-corrected chi connectivity index (χ3v) is 7.59. The summed E-state index contributed by atoms with van der Waals surface area (Å²) in [7, 11) is 1.70. The quantitative estimate of drug-likeness (QED) is 0.375. The summed E-state index contributed by atoms with van der Waals surface area (Å²) in [5.41, 5.74) is 4.96. The van der Waals surface area contributed by atoms with Crippen LogP contribution in [0.4, 0.5) is 17.1 Å². The number of methoxy groups -OCH3 is 1. The lowest BCUT2D eigenvalue weighted by atomic mass is 9.87. The number of carbonyl (C=O) groups excluding carboxylic acids is 2. The molecule has 7 nitrogen and oxygen atoms in total. The zero-order valence-corrected chi connectivity index (χ0v) is 24.7. The molecular weight excluding hydrogens is 500 g/mol. The highest BCUT2D eigenvalue weighted by atomic mass is 16.5. The summed E-state index contributed by atoms with van der Waals surface area (Å²) in [4.78, 5) is 33.1. The van der Waals surface area contributed by atoms with E-state index >= 15 is 0 Å². The van der Waals surface area contributed by atoms with Crippen molar-refractivity contribution >= 4 is 28.9 Å². The Morgan fingerprint density at radius 2 is 1.45 bits per heavy atom. The number of piperazine rings is 1. The molecule has 3 aromatic rings. The predicted octanol–water partition coefficient (Wildman–Crippen LogP) is 6.05. The van der Waals surface area contributed by atoms with Gasteiger partial charge in [-0.1, -0.05) is 45.0 Å². The number of carbonyl (C=O) groups is 2. The van der Waals surface area contributed by atoms with E-state index in [1.165, 1.54) is 5.56 Å². The van der Waals surface area contributed by atoms with Crippen molar-refractivity contribution in [1.29, 1.82) is 0 Å². The molecule has 3 aromatic carbocycles. The van der Waals surface area contributed by atoms with Crippen LogP contribution in [0.5, 0.6) is 5.75 Å². The second-order valence-corrected chi connectivity index (χ2v) is 11.1. The summed E-state index contributed by atoms with van der Waals surface area (Å²) >= 11 is 0. The second kappa shape index (κ2) is 12.5. The number of rotatable bonds is 8. The standard InChI is InChI=1S/C33H42N4O3/c1-7-35(8-2)32(39)27-23-26(34-31(38)24-13-15-25(16-14-24)33(3,4)5)17-18-28(27)36-19-21-37(22-20-36)29-11-9-10-12-30(29)40-6/h9-18,23H,7-8,19-22H2,1-6H3,(H,34,38). The minimum absolute atomic E-state index is 0.0170. The van der Waals surface area contributed by atoms with Crippen LogP contribution >= 0.6 is 0 Å². The lowest BCUT2D eigenvalue weighted by molar-refractivity contribution is 0.0773. The van der Waals surface area contributed by atoms with Crippen molar-refractivity contribution in [3.63, 3.8) is 0 Å². The minimum atomic E-state index is -0.195. The Kier molecular flexibility index (Phi) is 9.03. The summed E-state index contributed by atoms with van der Waals surface area (Å²) in [5.74, 6) is 0.638. The van der Waals surface area contributed by atoms with Gasteiger partial charge in [-0.3, -0.25) is 9.59 Å². The number of hydrogen-bond donors (Lipinski definition) is 1. The summed E-state index contributed by atoms with van der Waals surface area (Å²) in [6.07, 6.45) is 0. The monoisotopic (exact) mass is 542 g/mol. The van der Waals surface area contributed by atoms with Gasteiger partial charge in [0.15, 0.2) is 0 Å². The van der Waals surface area contributed by atoms with Gasteiger partial charge in [-0.05, 0) is 67.3 Å². The zero-order valence-electron chi connectivity index (χ0n) is 24.7. The second-order valence-electron chi connectivity index (χ2n) is 11.1. The van der Waals surface area contributed by atoms with Crippen LogP contribution in [0.3, 0.4) is 0 Å². The molecule has 0 bridgehead atoms. The van der Waals surface area contributed by atoms with Gasteiger partial charge in [0.1, 0.15) is 5.75 Å². The van der Waals surface area contributed by atoms with Crippen LogP contribution in [0.25, 0.3) is 0 Å². The van der Waals surface area contributed by atoms with Crippen molar-refractivity contribution < 1.29 is 14.3 Å². The van der Waals surface area contributed by atoms with E-state index < -0.39 is 0 Å². The Morgan fingerprint density at radius 1 is 0.850 bits per heavy atom. The summed E-state index contributed by atoms with van der Waals surface area (Å²) in [6.45, 7) is 14.8. The molecule has 1 heterocycles. The van der Waals surface area contributed by atoms with Gasteiger partial charge in [-0.25, -0.2) is 0 Å². The first-order valence-corrected chi connectivity index (χ1v) is 14.1. The van der Waals surface area contributed by atoms with E-state index in [1.54, 1.807) is 7.11 Å². The molecule has 0 spiro atoms. The van der Waals surface area contributed by atoms with Gasteiger partial charge in [0.05, 0.1) is 18.4 Å². The Labute approximate surface area is 238 Å². The summed E-state index contributed by atoms with van der Waals surface area (Å²) in [5, 5.41) is 3.01. The third-order valence-electron chi connectivity index (χ3n) is 7.59. The topological polar surface area (TPSA) is 65.1 Å². The van der Waals surface area contributed by atoms with Gasteiger partial charge in [0, 0.05) is 56.2 Å². The van der Waals surface area contributed by atoms with Crippen molar-refractivity contribution in [3.05, 3.63) is 83.4 Å². The number of nitrogens with one attached hydrogen (secondary N) is 1. The molecule has 1 N–H and O–H groups in total. The molecule has 0 unspecified atom stereocenters. The molecule has 0 aliphatic carbocycles. The molecule has 1 aliphatic heterocycles. The molecule has 7 heteroatoms. The Bertz CT molecular complexity index is 1320. The van der Waals surface area contributed by atoms with Crippen LogP contribution in [0.2, 0.25) is 0 Å². The molecule has 1 saturated heterocycles. The number of anilines is 3. The molecule has 4 rings (SSSR count). The van der Waals surface area contributed by atoms with Crippen molar-refractivity contribution in [2.24, 2.45) is 0 Å². The molecule has 2 amide bonds. The average Bonchev–Trinajstić information content (AvgIpc) is 2.97. The van der Waals surface area contributed by atoms with Crippen LogP contribution in [0, 0.1) is 0 Å². The highest BCUT2D eigenvalue weighted by Crippen LogP contribution is 2.31. The van der Waals surface area contributed by atoms with Gasteiger partial charge >= 0.3 is 0 Å². The molecule has 0 aromatic heterocycles. The number of nitrogens with zero attached hydrogens (tertiary/aromatic N) is 3. The molecule has 1 fully saturated rings. The maximum atomic E-state index is 13.6. The Balaban J connectivity index is 1.56. The molecule has 1 aliphatic rings. The minimum Gasteiger partial charge on any atom is -0.495 e. The predicted molar refractivity (Wildman–Crippen MR) is 164 cm³/mol. The fourth-order valence-electron chi connectivity index (χ4n) is 5.15. The zero-order chi connectivity index (χ0) is 28.9. The lowest BCUT2D eigenvalue weighted by Crippen LogP contribution is -2.47. The number of amides is 2. The van der Waals surface area contributed by atoms with Crippen LogP contribution in [0.15, 0.2) is 66.7 Å². The average molecular weight is 543 g/mol. The van der Waals surface area contributed by atoms with Crippen molar-refractivity contribution in [2.45, 2.75) is 40.0 Å². The number of para-hydroxylation sites is 2. The molecule has 0 atom stereocenters.